The van der Waals surface area contributed by atoms with Crippen LogP contribution >= 0.6 is 0 Å². The van der Waals surface area contributed by atoms with E-state index in [4.69, 9.17) is 0 Å². The standard InChI is InChI=1S/C8H17NO/c1-2-3-4-7-5-9-6-8(7)10/h7-10H,2-6H2,1H3/t7-,8-/m0/s1. The minimum Gasteiger partial charge on any atom is -0.391 e. The van der Waals surface area contributed by atoms with Crippen molar-refractivity contribution < 1.29 is 5.11 Å². The van der Waals surface area contributed by atoms with Crippen molar-refractivity contribution in [2.45, 2.75) is 32.3 Å². The molecule has 0 spiro atoms. The van der Waals surface area contributed by atoms with Crippen molar-refractivity contribution in [3.8, 4) is 0 Å². The molecule has 0 aromatic heterocycles. The zero-order valence-electron chi connectivity index (χ0n) is 6.64. The van der Waals surface area contributed by atoms with Crippen LogP contribution in [-0.4, -0.2) is 24.3 Å². The summed E-state index contributed by atoms with van der Waals surface area (Å²) in [5.41, 5.74) is 0. The summed E-state index contributed by atoms with van der Waals surface area (Å²) in [5, 5.41) is 12.5. The summed E-state index contributed by atoms with van der Waals surface area (Å²) in [6.45, 7) is 4.00. The average Bonchev–Trinajstić information content (AvgIpc) is 2.31. The Labute approximate surface area is 62.6 Å². The van der Waals surface area contributed by atoms with Gasteiger partial charge < -0.3 is 10.4 Å². The van der Waals surface area contributed by atoms with Crippen LogP contribution < -0.4 is 5.32 Å². The van der Waals surface area contributed by atoms with Gasteiger partial charge in [-0.15, -0.1) is 0 Å². The van der Waals surface area contributed by atoms with E-state index in [2.05, 4.69) is 12.2 Å². The van der Waals surface area contributed by atoms with E-state index in [0.717, 1.165) is 13.1 Å². The zero-order valence-corrected chi connectivity index (χ0v) is 6.64. The molecule has 0 amide bonds. The largest absolute Gasteiger partial charge is 0.391 e. The Hall–Kier alpha value is -0.0800. The predicted molar refractivity (Wildman–Crippen MR) is 41.9 cm³/mol. The molecule has 2 heteroatoms. The van der Waals surface area contributed by atoms with Crippen LogP contribution in [0.15, 0.2) is 0 Å². The Kier molecular flexibility index (Phi) is 3.16. The Morgan fingerprint density at radius 1 is 1.50 bits per heavy atom. The van der Waals surface area contributed by atoms with E-state index in [1.54, 1.807) is 0 Å². The lowest BCUT2D eigenvalue weighted by Crippen LogP contribution is -2.17. The lowest BCUT2D eigenvalue weighted by atomic mass is 9.99. The lowest BCUT2D eigenvalue weighted by molar-refractivity contribution is 0.141. The van der Waals surface area contributed by atoms with E-state index >= 15 is 0 Å². The van der Waals surface area contributed by atoms with Gasteiger partial charge in [0.05, 0.1) is 6.10 Å². The number of nitrogens with one attached hydrogen (secondary N) is 1. The van der Waals surface area contributed by atoms with Crippen LogP contribution in [0.3, 0.4) is 0 Å². The van der Waals surface area contributed by atoms with Crippen molar-refractivity contribution in [3.05, 3.63) is 0 Å². The quantitative estimate of drug-likeness (QED) is 0.611. The molecule has 1 rings (SSSR count). The average molecular weight is 143 g/mol. The van der Waals surface area contributed by atoms with Crippen molar-refractivity contribution in [1.29, 1.82) is 0 Å². The first-order valence-electron chi connectivity index (χ1n) is 4.23. The highest BCUT2D eigenvalue weighted by molar-refractivity contribution is 4.79. The summed E-state index contributed by atoms with van der Waals surface area (Å²) in [6.07, 6.45) is 3.60. The maximum Gasteiger partial charge on any atom is 0.0704 e. The molecule has 0 aromatic carbocycles. The van der Waals surface area contributed by atoms with Crippen molar-refractivity contribution in [2.75, 3.05) is 13.1 Å². The minimum atomic E-state index is -0.0773. The predicted octanol–water partition coefficient (Wildman–Crippen LogP) is 0.757. The first-order valence-corrected chi connectivity index (χ1v) is 4.23. The Bertz CT molecular complexity index is 95.3. The van der Waals surface area contributed by atoms with Gasteiger partial charge in [-0.25, -0.2) is 0 Å². The molecular weight excluding hydrogens is 126 g/mol. The van der Waals surface area contributed by atoms with Crippen LogP contribution in [0.25, 0.3) is 0 Å². The fourth-order valence-electron chi connectivity index (χ4n) is 1.48. The van der Waals surface area contributed by atoms with Gasteiger partial charge in [-0.3, -0.25) is 0 Å². The van der Waals surface area contributed by atoms with Crippen LogP contribution in [0.1, 0.15) is 26.2 Å². The molecule has 1 heterocycles. The summed E-state index contributed by atoms with van der Waals surface area (Å²) in [5.74, 6) is 0.528. The summed E-state index contributed by atoms with van der Waals surface area (Å²) < 4.78 is 0. The third kappa shape index (κ3) is 1.96. The van der Waals surface area contributed by atoms with Gasteiger partial charge in [0.25, 0.3) is 0 Å². The summed E-state index contributed by atoms with van der Waals surface area (Å²) in [6, 6.07) is 0. The second-order valence-corrected chi connectivity index (χ2v) is 3.13. The van der Waals surface area contributed by atoms with E-state index in [1.807, 2.05) is 0 Å². The van der Waals surface area contributed by atoms with Gasteiger partial charge in [-0.1, -0.05) is 19.8 Å². The number of aliphatic hydroxyl groups excluding tert-OH is 1. The van der Waals surface area contributed by atoms with Crippen molar-refractivity contribution in [1.82, 2.24) is 5.32 Å². The summed E-state index contributed by atoms with van der Waals surface area (Å²) >= 11 is 0. The van der Waals surface area contributed by atoms with Crippen molar-refractivity contribution in [3.63, 3.8) is 0 Å². The molecule has 0 aromatic rings. The molecule has 1 aliphatic rings. The van der Waals surface area contributed by atoms with Crippen molar-refractivity contribution in [2.24, 2.45) is 5.92 Å². The fourth-order valence-corrected chi connectivity index (χ4v) is 1.48. The molecule has 0 saturated carbocycles. The van der Waals surface area contributed by atoms with Gasteiger partial charge in [0.2, 0.25) is 0 Å². The number of unbranched alkanes of at least 4 members (excludes halogenated alkanes) is 1. The van der Waals surface area contributed by atoms with E-state index in [0.29, 0.717) is 5.92 Å². The highest BCUT2D eigenvalue weighted by atomic mass is 16.3. The van der Waals surface area contributed by atoms with Gasteiger partial charge in [0.1, 0.15) is 0 Å². The molecule has 2 nitrogen and oxygen atoms in total. The normalized spacial score (nSPS) is 33.0. The van der Waals surface area contributed by atoms with Gasteiger partial charge in [-0.2, -0.15) is 0 Å². The van der Waals surface area contributed by atoms with Gasteiger partial charge in [0.15, 0.2) is 0 Å². The van der Waals surface area contributed by atoms with Crippen LogP contribution in [0.2, 0.25) is 0 Å². The second-order valence-electron chi connectivity index (χ2n) is 3.13. The number of β-amino-alcohol motifs (C(OH)–C–C–N with tert-alkyl or cyclic N) is 1. The Morgan fingerprint density at radius 2 is 2.30 bits per heavy atom. The molecule has 2 atom stereocenters. The minimum absolute atomic E-state index is 0.0773. The maximum atomic E-state index is 9.35. The lowest BCUT2D eigenvalue weighted by Gasteiger charge is -2.11. The maximum absolute atomic E-state index is 9.35. The van der Waals surface area contributed by atoms with E-state index in [9.17, 15) is 5.11 Å². The van der Waals surface area contributed by atoms with Gasteiger partial charge in [0, 0.05) is 13.1 Å². The van der Waals surface area contributed by atoms with Gasteiger partial charge >= 0.3 is 0 Å². The molecule has 0 aliphatic carbocycles. The molecule has 2 N–H and O–H groups in total. The molecule has 60 valence electrons. The molecule has 0 bridgehead atoms. The SMILES string of the molecule is CCCC[C@H]1CNC[C@@H]1O. The number of aliphatic hydroxyl groups is 1. The van der Waals surface area contributed by atoms with E-state index in [1.165, 1.54) is 19.3 Å². The third-order valence-corrected chi connectivity index (χ3v) is 2.23. The highest BCUT2D eigenvalue weighted by Gasteiger charge is 2.23. The van der Waals surface area contributed by atoms with Crippen LogP contribution in [-0.2, 0) is 0 Å². The molecule has 0 unspecified atom stereocenters. The topological polar surface area (TPSA) is 32.3 Å². The Balaban J connectivity index is 2.14. The molecule has 1 fully saturated rings. The second kappa shape index (κ2) is 3.94. The molecule has 0 radical (unpaired) electrons. The van der Waals surface area contributed by atoms with Gasteiger partial charge in [-0.05, 0) is 12.3 Å². The number of hydrogen-bond acceptors (Lipinski definition) is 2. The number of hydrogen-bond donors (Lipinski definition) is 2. The monoisotopic (exact) mass is 143 g/mol. The first-order chi connectivity index (χ1) is 4.84. The smallest absolute Gasteiger partial charge is 0.0704 e. The summed E-state index contributed by atoms with van der Waals surface area (Å²) in [7, 11) is 0. The van der Waals surface area contributed by atoms with Crippen LogP contribution in [0, 0.1) is 5.92 Å². The molecule has 10 heavy (non-hydrogen) atoms. The molecular formula is C8H17NO. The number of rotatable bonds is 3. The zero-order chi connectivity index (χ0) is 7.40. The molecule has 1 aliphatic heterocycles. The Morgan fingerprint density at radius 3 is 2.80 bits per heavy atom. The highest BCUT2D eigenvalue weighted by Crippen LogP contribution is 2.15. The molecule has 1 saturated heterocycles. The third-order valence-electron chi connectivity index (χ3n) is 2.23. The van der Waals surface area contributed by atoms with E-state index < -0.39 is 0 Å². The van der Waals surface area contributed by atoms with Crippen molar-refractivity contribution >= 4 is 0 Å². The van der Waals surface area contributed by atoms with Crippen LogP contribution in [0.5, 0.6) is 0 Å². The fraction of sp³-hybridized carbons (Fsp3) is 1.00. The first kappa shape index (κ1) is 8.02. The van der Waals surface area contributed by atoms with E-state index in [-0.39, 0.29) is 6.10 Å². The van der Waals surface area contributed by atoms with Crippen LogP contribution in [0.4, 0.5) is 0 Å². The summed E-state index contributed by atoms with van der Waals surface area (Å²) in [4.78, 5) is 0.